The Morgan fingerprint density at radius 2 is 1.48 bits per heavy atom. The Morgan fingerprint density at radius 3 is 2.06 bits per heavy atom. The van der Waals surface area contributed by atoms with Crippen molar-refractivity contribution < 1.29 is 18.0 Å². The van der Waals surface area contributed by atoms with Crippen molar-refractivity contribution >= 4 is 21.8 Å². The number of amides is 2. The van der Waals surface area contributed by atoms with Gasteiger partial charge in [-0.2, -0.15) is 0 Å². The Kier molecular flexibility index (Phi) is 10.1. The lowest BCUT2D eigenvalue weighted by molar-refractivity contribution is -0.140. The lowest BCUT2D eigenvalue weighted by Crippen LogP contribution is -2.50. The summed E-state index contributed by atoms with van der Waals surface area (Å²) in [6, 6.07) is 17.4. The monoisotopic (exact) mass is 473 g/mol. The molecule has 33 heavy (non-hydrogen) atoms. The topological polar surface area (TPSA) is 86.8 Å². The van der Waals surface area contributed by atoms with Crippen LogP contribution in [0.3, 0.4) is 0 Å². The Balaban J connectivity index is 2.01. The number of nitrogens with zero attached hydrogens (tertiary/aromatic N) is 2. The van der Waals surface area contributed by atoms with E-state index in [-0.39, 0.29) is 35.7 Å². The first-order valence-electron chi connectivity index (χ1n) is 11.3. The van der Waals surface area contributed by atoms with Crippen LogP contribution in [-0.4, -0.2) is 61.7 Å². The van der Waals surface area contributed by atoms with Crippen molar-refractivity contribution in [2.75, 3.05) is 20.1 Å². The summed E-state index contributed by atoms with van der Waals surface area (Å²) in [4.78, 5) is 27.5. The van der Waals surface area contributed by atoms with E-state index in [0.29, 0.717) is 19.4 Å². The van der Waals surface area contributed by atoms with E-state index in [1.165, 1.54) is 11.4 Å². The summed E-state index contributed by atoms with van der Waals surface area (Å²) < 4.78 is 26.6. The lowest BCUT2D eigenvalue weighted by Gasteiger charge is -2.29. The van der Waals surface area contributed by atoms with E-state index in [0.717, 1.165) is 5.56 Å². The highest BCUT2D eigenvalue weighted by molar-refractivity contribution is 7.89. The van der Waals surface area contributed by atoms with Crippen molar-refractivity contribution in [1.82, 2.24) is 14.5 Å². The molecule has 0 fully saturated rings. The second-order valence-electron chi connectivity index (χ2n) is 8.41. The number of carbonyl (C=O) groups excluding carboxylic acids is 2. The summed E-state index contributed by atoms with van der Waals surface area (Å²) in [7, 11) is -2.09. The minimum atomic E-state index is -3.60. The maximum Gasteiger partial charge on any atom is 0.242 e. The van der Waals surface area contributed by atoms with E-state index in [4.69, 9.17) is 0 Å². The van der Waals surface area contributed by atoms with Crippen LogP contribution in [0, 0.1) is 0 Å². The smallest absolute Gasteiger partial charge is 0.242 e. The predicted octanol–water partition coefficient (Wildman–Crippen LogP) is 3.07. The van der Waals surface area contributed by atoms with E-state index in [1.54, 1.807) is 42.2 Å². The van der Waals surface area contributed by atoms with Gasteiger partial charge in [-0.15, -0.1) is 0 Å². The van der Waals surface area contributed by atoms with Crippen LogP contribution in [0.25, 0.3) is 0 Å². The Morgan fingerprint density at radius 1 is 0.909 bits per heavy atom. The molecule has 1 atom stereocenters. The molecule has 2 amide bonds. The molecule has 1 N–H and O–H groups in total. The first-order chi connectivity index (χ1) is 15.6. The first kappa shape index (κ1) is 26.5. The molecule has 0 spiro atoms. The molecule has 0 aliphatic heterocycles. The number of nitrogens with one attached hydrogen (secondary N) is 1. The lowest BCUT2D eigenvalue weighted by atomic mass is 10.1. The van der Waals surface area contributed by atoms with Gasteiger partial charge in [0.05, 0.1) is 4.90 Å². The third kappa shape index (κ3) is 7.98. The Labute approximate surface area is 197 Å². The van der Waals surface area contributed by atoms with Gasteiger partial charge in [-0.05, 0) is 51.3 Å². The van der Waals surface area contributed by atoms with Gasteiger partial charge in [0.15, 0.2) is 0 Å². The van der Waals surface area contributed by atoms with E-state index >= 15 is 0 Å². The summed E-state index contributed by atoms with van der Waals surface area (Å²) in [5, 5.41) is 2.87. The predicted molar refractivity (Wildman–Crippen MR) is 130 cm³/mol. The molecule has 7 nitrogen and oxygen atoms in total. The van der Waals surface area contributed by atoms with Gasteiger partial charge in [0, 0.05) is 32.6 Å². The van der Waals surface area contributed by atoms with Crippen LogP contribution in [0.2, 0.25) is 0 Å². The van der Waals surface area contributed by atoms with Gasteiger partial charge in [0.25, 0.3) is 0 Å². The molecule has 0 aliphatic carbocycles. The molecular formula is C25H35N3O4S. The highest BCUT2D eigenvalue weighted by atomic mass is 32.2. The Hall–Kier alpha value is -2.71. The van der Waals surface area contributed by atoms with Crippen LogP contribution in [0.15, 0.2) is 65.6 Å². The zero-order valence-electron chi connectivity index (χ0n) is 19.9. The molecule has 0 bridgehead atoms. The van der Waals surface area contributed by atoms with Gasteiger partial charge in [0.1, 0.15) is 6.04 Å². The second kappa shape index (κ2) is 12.5. The molecule has 0 unspecified atom stereocenters. The summed E-state index contributed by atoms with van der Waals surface area (Å²) in [5.41, 5.74) is 1.08. The van der Waals surface area contributed by atoms with E-state index in [9.17, 15) is 18.0 Å². The normalized spacial score (nSPS) is 12.5. The molecular weight excluding hydrogens is 438 g/mol. The molecule has 0 aromatic heterocycles. The van der Waals surface area contributed by atoms with Gasteiger partial charge in [-0.3, -0.25) is 9.59 Å². The SMILES string of the molecule is CC(C)NC(=O)[C@H](C)N(CCc1ccccc1)C(=O)CCCN(C)S(=O)(=O)c1ccccc1. The number of hydrogen-bond acceptors (Lipinski definition) is 4. The summed E-state index contributed by atoms with van der Waals surface area (Å²) >= 11 is 0. The van der Waals surface area contributed by atoms with E-state index in [1.807, 2.05) is 44.2 Å². The van der Waals surface area contributed by atoms with E-state index < -0.39 is 16.1 Å². The van der Waals surface area contributed by atoms with Gasteiger partial charge in [0.2, 0.25) is 21.8 Å². The second-order valence-corrected chi connectivity index (χ2v) is 10.5. The molecule has 0 aliphatic rings. The standard InChI is InChI=1S/C25H35N3O4S/c1-20(2)26-25(30)21(3)28(19-17-22-12-7-5-8-13-22)24(29)16-11-18-27(4)33(31,32)23-14-9-6-10-15-23/h5-10,12-15,20-21H,11,16-19H2,1-4H3,(H,26,30)/t21-/m0/s1. The molecule has 2 aromatic rings. The van der Waals surface area contributed by atoms with Gasteiger partial charge >= 0.3 is 0 Å². The molecule has 8 heteroatoms. The highest BCUT2D eigenvalue weighted by Gasteiger charge is 2.26. The van der Waals surface area contributed by atoms with Crippen LogP contribution >= 0.6 is 0 Å². The molecule has 0 heterocycles. The summed E-state index contributed by atoms with van der Waals surface area (Å²) in [5.74, 6) is -0.363. The van der Waals surface area contributed by atoms with Gasteiger partial charge < -0.3 is 10.2 Å². The Bertz CT molecular complexity index is 995. The average Bonchev–Trinajstić information content (AvgIpc) is 2.79. The van der Waals surface area contributed by atoms with Crippen LogP contribution in [-0.2, 0) is 26.0 Å². The molecule has 0 saturated heterocycles. The van der Waals surface area contributed by atoms with Crippen molar-refractivity contribution in [2.45, 2.75) is 57.0 Å². The van der Waals surface area contributed by atoms with Crippen molar-refractivity contribution in [3.8, 4) is 0 Å². The van der Waals surface area contributed by atoms with Crippen LogP contribution < -0.4 is 5.32 Å². The third-order valence-electron chi connectivity index (χ3n) is 5.40. The molecule has 0 radical (unpaired) electrons. The number of rotatable bonds is 12. The summed E-state index contributed by atoms with van der Waals surface area (Å²) in [6.45, 7) is 6.11. The number of carbonyl (C=O) groups is 2. The summed E-state index contributed by atoms with van der Waals surface area (Å²) in [6.07, 6.45) is 1.15. The zero-order chi connectivity index (χ0) is 24.4. The first-order valence-corrected chi connectivity index (χ1v) is 12.7. The van der Waals surface area contributed by atoms with E-state index in [2.05, 4.69) is 5.32 Å². The van der Waals surface area contributed by atoms with Crippen molar-refractivity contribution in [2.24, 2.45) is 0 Å². The molecule has 0 saturated carbocycles. The minimum absolute atomic E-state index is 0.0251. The quantitative estimate of drug-likeness (QED) is 0.513. The fraction of sp³-hybridized carbons (Fsp3) is 0.440. The fourth-order valence-corrected chi connectivity index (χ4v) is 4.69. The van der Waals surface area contributed by atoms with Crippen LogP contribution in [0.1, 0.15) is 39.2 Å². The average molecular weight is 474 g/mol. The van der Waals surface area contributed by atoms with Crippen LogP contribution in [0.4, 0.5) is 0 Å². The largest absolute Gasteiger partial charge is 0.352 e. The highest BCUT2D eigenvalue weighted by Crippen LogP contribution is 2.15. The van der Waals surface area contributed by atoms with Crippen molar-refractivity contribution in [1.29, 1.82) is 0 Å². The number of sulfonamides is 1. The van der Waals surface area contributed by atoms with Crippen molar-refractivity contribution in [3.63, 3.8) is 0 Å². The number of benzene rings is 2. The van der Waals surface area contributed by atoms with Crippen LogP contribution in [0.5, 0.6) is 0 Å². The van der Waals surface area contributed by atoms with Gasteiger partial charge in [-0.25, -0.2) is 12.7 Å². The van der Waals surface area contributed by atoms with Crippen molar-refractivity contribution in [3.05, 3.63) is 66.2 Å². The molecule has 2 aromatic carbocycles. The fourth-order valence-electron chi connectivity index (χ4n) is 3.46. The maximum atomic E-state index is 13.1. The molecule has 2 rings (SSSR count). The zero-order valence-corrected chi connectivity index (χ0v) is 20.7. The maximum absolute atomic E-state index is 13.1. The minimum Gasteiger partial charge on any atom is -0.352 e. The third-order valence-corrected chi connectivity index (χ3v) is 7.27. The molecule has 180 valence electrons. The number of hydrogen-bond donors (Lipinski definition) is 1. The van der Waals surface area contributed by atoms with Gasteiger partial charge in [-0.1, -0.05) is 48.5 Å².